The summed E-state index contributed by atoms with van der Waals surface area (Å²) >= 11 is 0. The second-order valence-electron chi connectivity index (χ2n) is 7.36. The molecule has 3 fully saturated rings. The van der Waals surface area contributed by atoms with Crippen molar-refractivity contribution >= 4 is 13.6 Å². The van der Waals surface area contributed by atoms with Gasteiger partial charge in [-0.15, -0.1) is 0 Å². The molecule has 2 nitrogen and oxygen atoms in total. The SMILES string of the molecule is O=C1CCC2CCCC2C[P+](=O)CCC2CCCC2C1. The summed E-state index contributed by atoms with van der Waals surface area (Å²) in [6.45, 7) is 0. The maximum Gasteiger partial charge on any atom is 0.338 e. The van der Waals surface area contributed by atoms with Crippen molar-refractivity contribution in [2.24, 2.45) is 23.7 Å². The van der Waals surface area contributed by atoms with Gasteiger partial charge in [0.2, 0.25) is 0 Å². The van der Waals surface area contributed by atoms with Crippen LogP contribution in [0.2, 0.25) is 0 Å². The van der Waals surface area contributed by atoms with E-state index >= 15 is 0 Å². The molecule has 0 bridgehead atoms. The first-order valence-electron chi connectivity index (χ1n) is 8.66. The highest BCUT2D eigenvalue weighted by Gasteiger charge is 2.36. The minimum absolute atomic E-state index is 0.512. The van der Waals surface area contributed by atoms with Gasteiger partial charge in [-0.05, 0) is 43.4 Å². The van der Waals surface area contributed by atoms with Crippen LogP contribution in [0.15, 0.2) is 0 Å². The molecule has 5 atom stereocenters. The van der Waals surface area contributed by atoms with Crippen LogP contribution in [-0.2, 0) is 9.36 Å². The zero-order valence-electron chi connectivity index (χ0n) is 12.6. The first-order valence-corrected chi connectivity index (χ1v) is 10.3. The minimum Gasteiger partial charge on any atom is -0.300 e. The number of ketones is 1. The maximum atomic E-state index is 12.4. The number of carbonyl (C=O) groups excluding carboxylic acids is 1. The van der Waals surface area contributed by atoms with Gasteiger partial charge in [0.25, 0.3) is 0 Å². The highest BCUT2D eigenvalue weighted by Crippen LogP contribution is 2.44. The standard InChI is InChI=1S/C17H28O2P/c18-17-8-7-13-3-2-6-16(13)12-20(19)10-9-14-4-1-5-15(14)11-17/h13-16H,1-12H2/q+1. The molecule has 2 aliphatic carbocycles. The lowest BCUT2D eigenvalue weighted by molar-refractivity contribution is -0.120. The zero-order valence-corrected chi connectivity index (χ0v) is 13.5. The lowest BCUT2D eigenvalue weighted by Crippen LogP contribution is -2.18. The molecule has 3 aliphatic rings. The summed E-state index contributed by atoms with van der Waals surface area (Å²) in [5.41, 5.74) is 0. The fourth-order valence-electron chi connectivity index (χ4n) is 4.90. The Labute approximate surface area is 123 Å². The van der Waals surface area contributed by atoms with Gasteiger partial charge in [0.1, 0.15) is 18.1 Å². The average molecular weight is 295 g/mol. The predicted molar refractivity (Wildman–Crippen MR) is 82.5 cm³/mol. The molecule has 0 radical (unpaired) electrons. The summed E-state index contributed by atoms with van der Waals surface area (Å²) in [6.07, 6.45) is 13.3. The largest absolute Gasteiger partial charge is 0.338 e. The van der Waals surface area contributed by atoms with E-state index in [1.165, 1.54) is 38.5 Å². The molecule has 0 N–H and O–H groups in total. The van der Waals surface area contributed by atoms with Gasteiger partial charge in [-0.1, -0.05) is 30.2 Å². The topological polar surface area (TPSA) is 34.1 Å². The molecule has 112 valence electrons. The lowest BCUT2D eigenvalue weighted by Gasteiger charge is -2.20. The quantitative estimate of drug-likeness (QED) is 0.602. The summed E-state index contributed by atoms with van der Waals surface area (Å²) < 4.78 is 12.4. The van der Waals surface area contributed by atoms with Crippen LogP contribution in [0.5, 0.6) is 0 Å². The van der Waals surface area contributed by atoms with Crippen molar-refractivity contribution in [3.05, 3.63) is 0 Å². The van der Waals surface area contributed by atoms with Crippen LogP contribution < -0.4 is 0 Å². The average Bonchev–Trinajstić information content (AvgIpc) is 3.02. The van der Waals surface area contributed by atoms with Crippen LogP contribution >= 0.6 is 7.80 Å². The number of rotatable bonds is 0. The Bertz CT molecular complexity index is 343. The number of fused-ring (bicyclic) bond motifs is 2. The smallest absolute Gasteiger partial charge is 0.300 e. The third-order valence-corrected chi connectivity index (χ3v) is 7.74. The van der Waals surface area contributed by atoms with E-state index in [2.05, 4.69) is 0 Å². The van der Waals surface area contributed by atoms with Crippen LogP contribution in [0.25, 0.3) is 0 Å². The fourth-order valence-corrected chi connectivity index (χ4v) is 6.71. The second-order valence-corrected chi connectivity index (χ2v) is 9.14. The summed E-state index contributed by atoms with van der Waals surface area (Å²) in [6, 6.07) is 0. The zero-order chi connectivity index (χ0) is 13.9. The highest BCUT2D eigenvalue weighted by atomic mass is 31.1. The van der Waals surface area contributed by atoms with E-state index < -0.39 is 7.80 Å². The molecule has 20 heavy (non-hydrogen) atoms. The van der Waals surface area contributed by atoms with Gasteiger partial charge in [0.05, 0.1) is 0 Å². The van der Waals surface area contributed by atoms with E-state index in [0.29, 0.717) is 29.5 Å². The van der Waals surface area contributed by atoms with Gasteiger partial charge in [-0.3, -0.25) is 4.79 Å². The van der Waals surface area contributed by atoms with Crippen LogP contribution in [0.3, 0.4) is 0 Å². The van der Waals surface area contributed by atoms with Crippen molar-refractivity contribution in [2.45, 2.75) is 64.2 Å². The molecule has 3 rings (SSSR count). The monoisotopic (exact) mass is 295 g/mol. The van der Waals surface area contributed by atoms with Crippen molar-refractivity contribution in [1.82, 2.24) is 0 Å². The third kappa shape index (κ3) is 3.50. The number of hydrogen-bond acceptors (Lipinski definition) is 2. The van der Waals surface area contributed by atoms with Gasteiger partial charge in [-0.2, -0.15) is 0 Å². The van der Waals surface area contributed by atoms with E-state index in [0.717, 1.165) is 38.0 Å². The van der Waals surface area contributed by atoms with Crippen LogP contribution in [0.1, 0.15) is 64.2 Å². The van der Waals surface area contributed by atoms with Gasteiger partial charge in [0, 0.05) is 18.8 Å². The van der Waals surface area contributed by atoms with Gasteiger partial charge < -0.3 is 0 Å². The molecule has 1 heterocycles. The molecule has 0 aromatic carbocycles. The van der Waals surface area contributed by atoms with E-state index in [-0.39, 0.29) is 0 Å². The molecule has 3 heteroatoms. The fraction of sp³-hybridized carbons (Fsp3) is 0.941. The minimum atomic E-state index is -0.986. The molecule has 0 aromatic heterocycles. The molecular formula is C17H28O2P+. The molecular weight excluding hydrogens is 267 g/mol. The van der Waals surface area contributed by atoms with E-state index in [4.69, 9.17) is 0 Å². The van der Waals surface area contributed by atoms with Crippen molar-refractivity contribution < 1.29 is 9.36 Å². The Balaban J connectivity index is 1.67. The normalized spacial score (nSPS) is 41.6. The Hall–Kier alpha value is -0.230. The highest BCUT2D eigenvalue weighted by molar-refractivity contribution is 7.44. The van der Waals surface area contributed by atoms with E-state index in [9.17, 15) is 9.36 Å². The Morgan fingerprint density at radius 3 is 2.25 bits per heavy atom. The predicted octanol–water partition coefficient (Wildman–Crippen LogP) is 4.79. The maximum absolute atomic E-state index is 12.4. The first-order chi connectivity index (χ1) is 9.72. The van der Waals surface area contributed by atoms with Crippen molar-refractivity contribution in [3.63, 3.8) is 0 Å². The number of hydrogen-bond donors (Lipinski definition) is 0. The summed E-state index contributed by atoms with van der Waals surface area (Å²) in [4.78, 5) is 12.2. The van der Waals surface area contributed by atoms with E-state index in [1.54, 1.807) is 0 Å². The molecule has 5 unspecified atom stereocenters. The van der Waals surface area contributed by atoms with Crippen LogP contribution in [0, 0.1) is 23.7 Å². The number of Topliss-reactive ketones (excluding diaryl/α,β-unsaturated/α-hetero) is 1. The van der Waals surface area contributed by atoms with Crippen molar-refractivity contribution in [1.29, 1.82) is 0 Å². The lowest BCUT2D eigenvalue weighted by atomic mass is 9.86. The van der Waals surface area contributed by atoms with Gasteiger partial charge in [-0.25, -0.2) is 0 Å². The van der Waals surface area contributed by atoms with Gasteiger partial charge in [0.15, 0.2) is 0 Å². The Morgan fingerprint density at radius 2 is 1.45 bits per heavy atom. The summed E-state index contributed by atoms with van der Waals surface area (Å²) in [5.74, 6) is 3.17. The Kier molecular flexibility index (Phi) is 4.91. The third-order valence-electron chi connectivity index (χ3n) is 6.10. The van der Waals surface area contributed by atoms with Crippen molar-refractivity contribution in [3.8, 4) is 0 Å². The molecule has 2 saturated carbocycles. The van der Waals surface area contributed by atoms with E-state index in [1.807, 2.05) is 0 Å². The van der Waals surface area contributed by atoms with Crippen molar-refractivity contribution in [2.75, 3.05) is 12.3 Å². The van der Waals surface area contributed by atoms with Crippen LogP contribution in [-0.4, -0.2) is 18.1 Å². The molecule has 0 spiro atoms. The summed E-state index contributed by atoms with van der Waals surface area (Å²) in [7, 11) is -0.986. The molecule has 0 amide bonds. The molecule has 0 aromatic rings. The summed E-state index contributed by atoms with van der Waals surface area (Å²) in [5, 5.41) is 0. The van der Waals surface area contributed by atoms with Crippen LogP contribution in [0.4, 0.5) is 0 Å². The first kappa shape index (κ1) is 14.7. The second kappa shape index (κ2) is 6.69. The molecule has 1 saturated heterocycles. The Morgan fingerprint density at radius 1 is 0.800 bits per heavy atom. The van der Waals surface area contributed by atoms with Gasteiger partial charge >= 0.3 is 7.80 Å². The number of carbonyl (C=O) groups is 1. The molecule has 1 aliphatic heterocycles.